The Morgan fingerprint density at radius 1 is 1.33 bits per heavy atom. The summed E-state index contributed by atoms with van der Waals surface area (Å²) in [5, 5.41) is 2.88. The fraction of sp³-hybridized carbons (Fsp3) is 0.471. The van der Waals surface area contributed by atoms with Crippen molar-refractivity contribution in [1.82, 2.24) is 5.32 Å². The molecule has 1 aromatic rings. The molecule has 0 aliphatic heterocycles. The van der Waals surface area contributed by atoms with Gasteiger partial charge >= 0.3 is 0 Å². The summed E-state index contributed by atoms with van der Waals surface area (Å²) >= 11 is 0. The van der Waals surface area contributed by atoms with Gasteiger partial charge in [0.05, 0.1) is 6.61 Å². The minimum atomic E-state index is -0.417. The third-order valence-corrected chi connectivity index (χ3v) is 3.48. The van der Waals surface area contributed by atoms with E-state index < -0.39 is 6.10 Å². The molecule has 0 spiro atoms. The van der Waals surface area contributed by atoms with Crippen LogP contribution in [0.1, 0.15) is 18.4 Å². The summed E-state index contributed by atoms with van der Waals surface area (Å²) in [5.41, 5.74) is 6.49. The van der Waals surface area contributed by atoms with Crippen LogP contribution in [-0.4, -0.2) is 31.7 Å². The zero-order valence-electron chi connectivity index (χ0n) is 12.3. The molecule has 1 fully saturated rings. The molecule has 1 aliphatic carbocycles. The van der Waals surface area contributed by atoms with Crippen molar-refractivity contribution in [3.8, 4) is 0 Å². The van der Waals surface area contributed by atoms with E-state index in [1.807, 2.05) is 42.5 Å². The Morgan fingerprint density at radius 3 is 2.76 bits per heavy atom. The lowest BCUT2D eigenvalue weighted by Gasteiger charge is -2.17. The van der Waals surface area contributed by atoms with Crippen molar-refractivity contribution < 1.29 is 9.53 Å². The van der Waals surface area contributed by atoms with Gasteiger partial charge in [-0.25, -0.2) is 0 Å². The number of nitrogens with one attached hydrogen (secondary N) is 1. The van der Waals surface area contributed by atoms with Crippen LogP contribution in [-0.2, 0) is 16.0 Å². The molecular weight excluding hydrogens is 264 g/mol. The van der Waals surface area contributed by atoms with Crippen LogP contribution in [0.2, 0.25) is 0 Å². The second kappa shape index (κ2) is 8.60. The zero-order valence-corrected chi connectivity index (χ0v) is 12.3. The second-order valence-corrected chi connectivity index (χ2v) is 5.41. The molecule has 4 heteroatoms. The van der Waals surface area contributed by atoms with E-state index in [1.54, 1.807) is 0 Å². The van der Waals surface area contributed by atoms with Crippen LogP contribution in [0.4, 0.5) is 0 Å². The van der Waals surface area contributed by atoms with E-state index in [-0.39, 0.29) is 5.91 Å². The van der Waals surface area contributed by atoms with E-state index in [2.05, 4.69) is 5.32 Å². The van der Waals surface area contributed by atoms with Crippen LogP contribution in [0.5, 0.6) is 0 Å². The van der Waals surface area contributed by atoms with Crippen molar-refractivity contribution in [3.05, 3.63) is 48.0 Å². The molecule has 1 atom stereocenters. The number of carbonyl (C=O) groups is 1. The molecule has 0 aromatic heterocycles. The molecule has 2 rings (SSSR count). The third kappa shape index (κ3) is 6.10. The van der Waals surface area contributed by atoms with Gasteiger partial charge in [0.1, 0.15) is 6.10 Å². The Labute approximate surface area is 126 Å². The van der Waals surface area contributed by atoms with Crippen LogP contribution in [0.15, 0.2) is 42.5 Å². The van der Waals surface area contributed by atoms with Crippen LogP contribution in [0.3, 0.4) is 0 Å². The van der Waals surface area contributed by atoms with E-state index in [0.717, 1.165) is 5.56 Å². The Bertz CT molecular complexity index is 455. The van der Waals surface area contributed by atoms with Crippen molar-refractivity contribution in [2.45, 2.75) is 25.4 Å². The lowest BCUT2D eigenvalue weighted by Crippen LogP contribution is -2.38. The number of carbonyl (C=O) groups excluding carboxylic acids is 1. The number of nitrogens with two attached hydrogens (primary N) is 1. The number of rotatable bonds is 9. The Kier molecular flexibility index (Phi) is 6.44. The molecule has 1 unspecified atom stereocenters. The monoisotopic (exact) mass is 288 g/mol. The van der Waals surface area contributed by atoms with E-state index in [4.69, 9.17) is 10.5 Å². The maximum atomic E-state index is 12.2. The van der Waals surface area contributed by atoms with Crippen molar-refractivity contribution >= 4 is 5.91 Å². The molecule has 1 saturated carbocycles. The minimum absolute atomic E-state index is 0.0545. The maximum Gasteiger partial charge on any atom is 0.249 e. The fourth-order valence-electron chi connectivity index (χ4n) is 2.05. The van der Waals surface area contributed by atoms with Gasteiger partial charge in [-0.2, -0.15) is 0 Å². The standard InChI is InChI=1S/C17H24N2O2/c18-10-4-5-11-19-17(20)16(21-13-15-8-9-15)12-14-6-2-1-3-7-14/h1-7,15-16H,8-13,18H2,(H,19,20)/b5-4+. The topological polar surface area (TPSA) is 64.3 Å². The van der Waals surface area contributed by atoms with Gasteiger partial charge in [0.2, 0.25) is 5.91 Å². The summed E-state index contributed by atoms with van der Waals surface area (Å²) in [6.07, 6.45) is 6.33. The molecule has 114 valence electrons. The molecule has 0 heterocycles. The smallest absolute Gasteiger partial charge is 0.249 e. The third-order valence-electron chi connectivity index (χ3n) is 3.48. The van der Waals surface area contributed by atoms with Gasteiger partial charge in [-0.15, -0.1) is 0 Å². The highest BCUT2D eigenvalue weighted by atomic mass is 16.5. The van der Waals surface area contributed by atoms with Crippen molar-refractivity contribution in [3.63, 3.8) is 0 Å². The molecule has 1 aromatic carbocycles. The summed E-state index contributed by atoms with van der Waals surface area (Å²) in [5.74, 6) is 0.592. The maximum absolute atomic E-state index is 12.2. The molecule has 4 nitrogen and oxygen atoms in total. The van der Waals surface area contributed by atoms with Crippen LogP contribution >= 0.6 is 0 Å². The van der Waals surface area contributed by atoms with Crippen molar-refractivity contribution in [1.29, 1.82) is 0 Å². The van der Waals surface area contributed by atoms with Crippen molar-refractivity contribution in [2.24, 2.45) is 11.7 Å². The molecule has 21 heavy (non-hydrogen) atoms. The first-order valence-corrected chi connectivity index (χ1v) is 7.58. The summed E-state index contributed by atoms with van der Waals surface area (Å²) in [4.78, 5) is 12.2. The van der Waals surface area contributed by atoms with E-state index in [1.165, 1.54) is 12.8 Å². The first kappa shape index (κ1) is 15.7. The number of amides is 1. The SMILES string of the molecule is NC/C=C/CNC(=O)C(Cc1ccccc1)OCC1CC1. The summed E-state index contributed by atoms with van der Waals surface area (Å²) in [7, 11) is 0. The number of hydrogen-bond acceptors (Lipinski definition) is 3. The number of hydrogen-bond donors (Lipinski definition) is 2. The van der Waals surface area contributed by atoms with Gasteiger partial charge in [0, 0.05) is 19.5 Å². The fourth-order valence-corrected chi connectivity index (χ4v) is 2.05. The molecular formula is C17H24N2O2. The minimum Gasteiger partial charge on any atom is -0.368 e. The van der Waals surface area contributed by atoms with Gasteiger partial charge in [-0.05, 0) is 24.3 Å². The van der Waals surface area contributed by atoms with E-state index in [9.17, 15) is 4.79 Å². The van der Waals surface area contributed by atoms with Crippen LogP contribution < -0.4 is 11.1 Å². The number of ether oxygens (including phenoxy) is 1. The average Bonchev–Trinajstić information content (AvgIpc) is 3.33. The quantitative estimate of drug-likeness (QED) is 0.679. The first-order chi connectivity index (χ1) is 10.3. The van der Waals surface area contributed by atoms with Gasteiger partial charge in [-0.1, -0.05) is 42.5 Å². The molecule has 0 radical (unpaired) electrons. The summed E-state index contributed by atoms with van der Waals surface area (Å²) in [6.45, 7) is 1.67. The molecule has 0 bridgehead atoms. The summed E-state index contributed by atoms with van der Waals surface area (Å²) < 4.78 is 5.83. The molecule has 1 amide bonds. The lowest BCUT2D eigenvalue weighted by atomic mass is 10.1. The normalized spacial score (nSPS) is 16.0. The highest BCUT2D eigenvalue weighted by molar-refractivity contribution is 5.81. The first-order valence-electron chi connectivity index (χ1n) is 7.58. The zero-order chi connectivity index (χ0) is 14.9. The van der Waals surface area contributed by atoms with Gasteiger partial charge in [-0.3, -0.25) is 4.79 Å². The Hall–Kier alpha value is -1.65. The van der Waals surface area contributed by atoms with Crippen LogP contribution in [0.25, 0.3) is 0 Å². The summed E-state index contributed by atoms with van der Waals surface area (Å²) in [6, 6.07) is 9.98. The Morgan fingerprint density at radius 2 is 2.10 bits per heavy atom. The largest absolute Gasteiger partial charge is 0.368 e. The predicted molar refractivity (Wildman–Crippen MR) is 83.8 cm³/mol. The van der Waals surface area contributed by atoms with Gasteiger partial charge < -0.3 is 15.8 Å². The van der Waals surface area contributed by atoms with Crippen LogP contribution in [0, 0.1) is 5.92 Å². The van der Waals surface area contributed by atoms with E-state index >= 15 is 0 Å². The molecule has 1 aliphatic rings. The van der Waals surface area contributed by atoms with Gasteiger partial charge in [0.25, 0.3) is 0 Å². The van der Waals surface area contributed by atoms with Crippen molar-refractivity contribution in [2.75, 3.05) is 19.7 Å². The van der Waals surface area contributed by atoms with Gasteiger partial charge in [0.15, 0.2) is 0 Å². The number of benzene rings is 1. The van der Waals surface area contributed by atoms with E-state index in [0.29, 0.717) is 32.0 Å². The second-order valence-electron chi connectivity index (χ2n) is 5.41. The average molecular weight is 288 g/mol. The highest BCUT2D eigenvalue weighted by Gasteiger charge is 2.26. The molecule has 0 saturated heterocycles. The Balaban J connectivity index is 1.86. The predicted octanol–water partition coefficient (Wildman–Crippen LogP) is 1.66. The molecule has 3 N–H and O–H groups in total. The lowest BCUT2D eigenvalue weighted by molar-refractivity contribution is -0.132. The highest BCUT2D eigenvalue weighted by Crippen LogP contribution is 2.29.